The summed E-state index contributed by atoms with van der Waals surface area (Å²) in [5, 5.41) is 11.8. The van der Waals surface area contributed by atoms with Crippen LogP contribution in [0.1, 0.15) is 31.0 Å². The second-order valence-corrected chi connectivity index (χ2v) is 7.65. The van der Waals surface area contributed by atoms with E-state index in [-0.39, 0.29) is 13.0 Å². The van der Waals surface area contributed by atoms with E-state index < -0.39 is 24.0 Å². The van der Waals surface area contributed by atoms with Gasteiger partial charge in [-0.1, -0.05) is 40.2 Å². The van der Waals surface area contributed by atoms with Crippen LogP contribution in [0.25, 0.3) is 0 Å². The number of allylic oxidation sites excluding steroid dienone is 1. The van der Waals surface area contributed by atoms with Gasteiger partial charge in [0, 0.05) is 10.2 Å². The van der Waals surface area contributed by atoms with Crippen molar-refractivity contribution in [1.82, 2.24) is 5.32 Å². The standard InChI is InChI=1S/C22H21BrN2O5/c1-3-30-21(28)19-13(2)25(17-9-7-14(8-10-17)11-18(26)27)22(29)24-20(19)15-5-4-6-16(23)12-15/h4-10,12,20H,3,11H2,1-2H3,(H,24,29)(H,26,27)/t20-/m1/s1. The number of amides is 2. The summed E-state index contributed by atoms with van der Waals surface area (Å²) in [6.45, 7) is 3.63. The lowest BCUT2D eigenvalue weighted by Gasteiger charge is -2.35. The normalized spacial score (nSPS) is 16.3. The van der Waals surface area contributed by atoms with Gasteiger partial charge >= 0.3 is 18.0 Å². The fourth-order valence-electron chi connectivity index (χ4n) is 3.40. The Bertz CT molecular complexity index is 1020. The zero-order chi connectivity index (χ0) is 21.8. The summed E-state index contributed by atoms with van der Waals surface area (Å²) in [5.74, 6) is -1.44. The number of carboxylic acids is 1. The van der Waals surface area contributed by atoms with E-state index in [9.17, 15) is 14.4 Å². The predicted molar refractivity (Wildman–Crippen MR) is 115 cm³/mol. The molecule has 1 atom stereocenters. The van der Waals surface area contributed by atoms with E-state index in [4.69, 9.17) is 9.84 Å². The van der Waals surface area contributed by atoms with Gasteiger partial charge in [0.15, 0.2) is 0 Å². The molecule has 1 aliphatic heterocycles. The van der Waals surface area contributed by atoms with Crippen LogP contribution in [-0.2, 0) is 20.7 Å². The minimum Gasteiger partial charge on any atom is -0.481 e. The number of carbonyl (C=O) groups is 3. The van der Waals surface area contributed by atoms with Crippen LogP contribution in [-0.4, -0.2) is 29.7 Å². The van der Waals surface area contributed by atoms with Gasteiger partial charge in [-0.05, 0) is 49.2 Å². The quantitative estimate of drug-likeness (QED) is 0.614. The Balaban J connectivity index is 2.06. The Hall–Kier alpha value is -3.13. The Morgan fingerprint density at radius 1 is 1.20 bits per heavy atom. The Kier molecular flexibility index (Phi) is 6.56. The molecule has 0 spiro atoms. The molecule has 0 aromatic heterocycles. The molecule has 7 nitrogen and oxygen atoms in total. The van der Waals surface area contributed by atoms with E-state index in [2.05, 4.69) is 21.2 Å². The summed E-state index contributed by atoms with van der Waals surface area (Å²) in [5.41, 5.74) is 2.67. The van der Waals surface area contributed by atoms with Gasteiger partial charge in [-0.3, -0.25) is 9.69 Å². The van der Waals surface area contributed by atoms with Crippen molar-refractivity contribution in [2.75, 3.05) is 11.5 Å². The first-order chi connectivity index (χ1) is 14.3. The predicted octanol–water partition coefficient (Wildman–Crippen LogP) is 4.18. The van der Waals surface area contributed by atoms with Crippen molar-refractivity contribution < 1.29 is 24.2 Å². The molecule has 0 unspecified atom stereocenters. The van der Waals surface area contributed by atoms with Gasteiger partial charge < -0.3 is 15.2 Å². The fraction of sp³-hybridized carbons (Fsp3) is 0.227. The third-order valence-electron chi connectivity index (χ3n) is 4.71. The van der Waals surface area contributed by atoms with Crippen LogP contribution >= 0.6 is 15.9 Å². The molecule has 156 valence electrons. The molecule has 2 aromatic rings. The highest BCUT2D eigenvalue weighted by atomic mass is 79.9. The lowest BCUT2D eigenvalue weighted by molar-refractivity contribution is -0.139. The molecule has 1 aliphatic rings. The number of rotatable bonds is 6. The second-order valence-electron chi connectivity index (χ2n) is 6.73. The van der Waals surface area contributed by atoms with Crippen molar-refractivity contribution in [3.05, 3.63) is 75.4 Å². The SMILES string of the molecule is CCOC(=O)C1=C(C)N(c2ccc(CC(=O)O)cc2)C(=O)N[C@@H]1c1cccc(Br)c1. The van der Waals surface area contributed by atoms with Gasteiger partial charge in [-0.25, -0.2) is 9.59 Å². The maximum atomic E-state index is 13.0. The zero-order valence-electron chi connectivity index (χ0n) is 16.5. The Morgan fingerprint density at radius 2 is 1.90 bits per heavy atom. The number of nitrogens with zero attached hydrogens (tertiary/aromatic N) is 1. The lowest BCUT2D eigenvalue weighted by atomic mass is 9.94. The number of ether oxygens (including phenoxy) is 1. The van der Waals surface area contributed by atoms with Crippen molar-refractivity contribution in [1.29, 1.82) is 0 Å². The van der Waals surface area contributed by atoms with Crippen LogP contribution in [0.2, 0.25) is 0 Å². The van der Waals surface area contributed by atoms with Gasteiger partial charge in [0.2, 0.25) is 0 Å². The van der Waals surface area contributed by atoms with Crippen LogP contribution in [0.5, 0.6) is 0 Å². The smallest absolute Gasteiger partial charge is 0.338 e. The largest absolute Gasteiger partial charge is 0.481 e. The molecule has 2 N–H and O–H groups in total. The minimum atomic E-state index is -0.934. The average molecular weight is 473 g/mol. The van der Waals surface area contributed by atoms with Crippen LogP contribution in [0.3, 0.4) is 0 Å². The number of nitrogens with one attached hydrogen (secondary N) is 1. The summed E-state index contributed by atoms with van der Waals surface area (Å²) in [6.07, 6.45) is -0.111. The Labute approximate surface area is 182 Å². The fourth-order valence-corrected chi connectivity index (χ4v) is 3.82. The maximum Gasteiger partial charge on any atom is 0.338 e. The van der Waals surface area contributed by atoms with E-state index in [1.54, 1.807) is 38.1 Å². The topological polar surface area (TPSA) is 95.9 Å². The molecule has 30 heavy (non-hydrogen) atoms. The molecule has 8 heteroatoms. The summed E-state index contributed by atoms with van der Waals surface area (Å²) in [6, 6.07) is 12.9. The van der Waals surface area contributed by atoms with Crippen molar-refractivity contribution in [3.8, 4) is 0 Å². The molecule has 0 saturated heterocycles. The van der Waals surface area contributed by atoms with E-state index in [1.165, 1.54) is 4.90 Å². The van der Waals surface area contributed by atoms with Crippen molar-refractivity contribution in [2.45, 2.75) is 26.3 Å². The van der Waals surface area contributed by atoms with Crippen LogP contribution in [0, 0.1) is 0 Å². The molecule has 3 rings (SSSR count). The van der Waals surface area contributed by atoms with E-state index in [0.29, 0.717) is 22.5 Å². The first kappa shape index (κ1) is 21.6. The highest BCUT2D eigenvalue weighted by Crippen LogP contribution is 2.35. The molecule has 0 bridgehead atoms. The Morgan fingerprint density at radius 3 is 2.50 bits per heavy atom. The summed E-state index contributed by atoms with van der Waals surface area (Å²) in [7, 11) is 0. The van der Waals surface area contributed by atoms with Gasteiger partial charge in [-0.2, -0.15) is 0 Å². The number of esters is 1. The third-order valence-corrected chi connectivity index (χ3v) is 5.21. The van der Waals surface area contributed by atoms with Crippen LogP contribution in [0.15, 0.2) is 64.3 Å². The van der Waals surface area contributed by atoms with Gasteiger partial charge in [0.1, 0.15) is 0 Å². The number of benzene rings is 2. The number of hydrogen-bond donors (Lipinski definition) is 2. The van der Waals surface area contributed by atoms with Crippen LogP contribution < -0.4 is 10.2 Å². The highest BCUT2D eigenvalue weighted by molar-refractivity contribution is 9.10. The van der Waals surface area contributed by atoms with Crippen molar-refractivity contribution in [2.24, 2.45) is 0 Å². The summed E-state index contributed by atoms with van der Waals surface area (Å²) in [4.78, 5) is 38.1. The molecule has 0 aliphatic carbocycles. The number of aliphatic carboxylic acids is 1. The molecular formula is C22H21BrN2O5. The van der Waals surface area contributed by atoms with Crippen molar-refractivity contribution >= 4 is 39.6 Å². The molecule has 1 heterocycles. The number of carboxylic acid groups (broad SMARTS) is 1. The average Bonchev–Trinajstić information content (AvgIpc) is 2.68. The van der Waals surface area contributed by atoms with Crippen LogP contribution in [0.4, 0.5) is 10.5 Å². The van der Waals surface area contributed by atoms with Gasteiger partial charge in [0.25, 0.3) is 0 Å². The number of urea groups is 1. The minimum absolute atomic E-state index is 0.111. The molecule has 0 fully saturated rings. The molecule has 2 amide bonds. The first-order valence-electron chi connectivity index (χ1n) is 9.36. The van der Waals surface area contributed by atoms with E-state index in [1.807, 2.05) is 24.3 Å². The van der Waals surface area contributed by atoms with E-state index in [0.717, 1.165) is 10.0 Å². The number of anilines is 1. The third kappa shape index (κ3) is 4.54. The number of carbonyl (C=O) groups excluding carboxylic acids is 2. The lowest BCUT2D eigenvalue weighted by Crippen LogP contribution is -2.48. The highest BCUT2D eigenvalue weighted by Gasteiger charge is 2.37. The van der Waals surface area contributed by atoms with Gasteiger partial charge in [0.05, 0.1) is 30.3 Å². The molecular weight excluding hydrogens is 452 g/mol. The second kappa shape index (κ2) is 9.13. The zero-order valence-corrected chi connectivity index (χ0v) is 18.1. The number of hydrogen-bond acceptors (Lipinski definition) is 4. The molecule has 2 aromatic carbocycles. The summed E-state index contributed by atoms with van der Waals surface area (Å²) < 4.78 is 6.09. The monoisotopic (exact) mass is 472 g/mol. The van der Waals surface area contributed by atoms with Crippen molar-refractivity contribution in [3.63, 3.8) is 0 Å². The molecule has 0 saturated carbocycles. The van der Waals surface area contributed by atoms with E-state index >= 15 is 0 Å². The maximum absolute atomic E-state index is 13.0. The van der Waals surface area contributed by atoms with Gasteiger partial charge in [-0.15, -0.1) is 0 Å². The summed E-state index contributed by atoms with van der Waals surface area (Å²) >= 11 is 3.42. The number of halogens is 1. The first-order valence-corrected chi connectivity index (χ1v) is 10.2. The molecule has 0 radical (unpaired) electrons.